The Balaban J connectivity index is 1.96. The Morgan fingerprint density at radius 2 is 1.95 bits per heavy atom. The van der Waals surface area contributed by atoms with E-state index in [-0.39, 0.29) is 4.83 Å². The van der Waals surface area contributed by atoms with E-state index >= 15 is 0 Å². The Bertz CT molecular complexity index is 595. The molecular formula is C16H14Br2O. The molecule has 0 fully saturated rings. The van der Waals surface area contributed by atoms with Crippen LogP contribution in [0, 0.1) is 0 Å². The standard InChI is InChI=1S/C16H14Br2O/c17-14-6-2-1-5-13(14)16(18)12-7-8-15-11(10-12)4-3-9-19-15/h1-2,5-8,10,16H,3-4,9H2. The van der Waals surface area contributed by atoms with Crippen molar-refractivity contribution >= 4 is 31.9 Å². The van der Waals surface area contributed by atoms with Crippen molar-refractivity contribution < 1.29 is 4.74 Å². The zero-order chi connectivity index (χ0) is 13.2. The van der Waals surface area contributed by atoms with Crippen molar-refractivity contribution in [3.05, 3.63) is 63.6 Å². The van der Waals surface area contributed by atoms with Crippen LogP contribution in [0.3, 0.4) is 0 Å². The molecule has 1 atom stereocenters. The molecule has 3 heteroatoms. The summed E-state index contributed by atoms with van der Waals surface area (Å²) in [5, 5.41) is 0. The monoisotopic (exact) mass is 380 g/mol. The van der Waals surface area contributed by atoms with Crippen molar-refractivity contribution in [1.82, 2.24) is 0 Å². The van der Waals surface area contributed by atoms with Gasteiger partial charge in [0.25, 0.3) is 0 Å². The normalized spacial score (nSPS) is 15.5. The van der Waals surface area contributed by atoms with Gasteiger partial charge in [-0.25, -0.2) is 0 Å². The van der Waals surface area contributed by atoms with Crippen LogP contribution in [0.25, 0.3) is 0 Å². The highest BCUT2D eigenvalue weighted by atomic mass is 79.9. The maximum absolute atomic E-state index is 5.66. The number of ether oxygens (including phenoxy) is 1. The minimum atomic E-state index is 0.204. The third kappa shape index (κ3) is 2.72. The summed E-state index contributed by atoms with van der Waals surface area (Å²) in [6.45, 7) is 0.842. The molecule has 0 spiro atoms. The van der Waals surface area contributed by atoms with Crippen LogP contribution in [0.1, 0.15) is 27.9 Å². The third-order valence-electron chi connectivity index (χ3n) is 3.40. The first-order chi connectivity index (χ1) is 9.25. The van der Waals surface area contributed by atoms with Crippen LogP contribution in [0.5, 0.6) is 5.75 Å². The average Bonchev–Trinajstić information content (AvgIpc) is 2.46. The molecule has 19 heavy (non-hydrogen) atoms. The van der Waals surface area contributed by atoms with E-state index in [0.29, 0.717) is 0 Å². The summed E-state index contributed by atoms with van der Waals surface area (Å²) in [5.74, 6) is 1.04. The summed E-state index contributed by atoms with van der Waals surface area (Å²) in [4.78, 5) is 0.204. The van der Waals surface area contributed by atoms with Gasteiger partial charge in [-0.2, -0.15) is 0 Å². The molecule has 2 aromatic rings. The van der Waals surface area contributed by atoms with Gasteiger partial charge in [0.2, 0.25) is 0 Å². The van der Waals surface area contributed by atoms with E-state index in [1.165, 1.54) is 16.7 Å². The lowest BCUT2D eigenvalue weighted by atomic mass is 9.99. The number of halogens is 2. The maximum atomic E-state index is 5.66. The van der Waals surface area contributed by atoms with Crippen LogP contribution in [-0.4, -0.2) is 6.61 Å². The van der Waals surface area contributed by atoms with Crippen molar-refractivity contribution in [3.63, 3.8) is 0 Å². The molecule has 1 aliphatic heterocycles. The van der Waals surface area contributed by atoms with Crippen molar-refractivity contribution in [2.45, 2.75) is 17.7 Å². The van der Waals surface area contributed by atoms with Gasteiger partial charge in [-0.15, -0.1) is 0 Å². The number of aryl methyl sites for hydroxylation is 1. The number of fused-ring (bicyclic) bond motifs is 1. The lowest BCUT2D eigenvalue weighted by Gasteiger charge is -2.20. The molecule has 0 bridgehead atoms. The van der Waals surface area contributed by atoms with E-state index in [9.17, 15) is 0 Å². The average molecular weight is 382 g/mol. The van der Waals surface area contributed by atoms with Gasteiger partial charge in [0.05, 0.1) is 11.4 Å². The van der Waals surface area contributed by atoms with Gasteiger partial charge in [0, 0.05) is 4.47 Å². The first-order valence-electron chi connectivity index (χ1n) is 6.40. The number of benzene rings is 2. The van der Waals surface area contributed by atoms with Crippen molar-refractivity contribution in [2.75, 3.05) is 6.61 Å². The Labute approximate surface area is 130 Å². The molecule has 3 rings (SSSR count). The molecular weight excluding hydrogens is 368 g/mol. The molecule has 0 amide bonds. The van der Waals surface area contributed by atoms with Crippen LogP contribution in [-0.2, 0) is 6.42 Å². The quantitative estimate of drug-likeness (QED) is 0.644. The Morgan fingerprint density at radius 1 is 1.11 bits per heavy atom. The van der Waals surface area contributed by atoms with Gasteiger partial charge in [0.15, 0.2) is 0 Å². The largest absolute Gasteiger partial charge is 0.493 e. The number of rotatable bonds is 2. The highest BCUT2D eigenvalue weighted by Crippen LogP contribution is 2.37. The second kappa shape index (κ2) is 5.68. The second-order valence-electron chi connectivity index (χ2n) is 4.70. The first kappa shape index (κ1) is 13.2. The maximum Gasteiger partial charge on any atom is 0.122 e. The zero-order valence-electron chi connectivity index (χ0n) is 10.4. The molecule has 1 nitrogen and oxygen atoms in total. The molecule has 0 radical (unpaired) electrons. The Morgan fingerprint density at radius 3 is 2.79 bits per heavy atom. The van der Waals surface area contributed by atoms with E-state index in [0.717, 1.165) is 29.7 Å². The highest BCUT2D eigenvalue weighted by Gasteiger charge is 2.16. The van der Waals surface area contributed by atoms with Crippen molar-refractivity contribution in [1.29, 1.82) is 0 Å². The van der Waals surface area contributed by atoms with Gasteiger partial charge >= 0.3 is 0 Å². The van der Waals surface area contributed by atoms with Gasteiger partial charge in [-0.1, -0.05) is 62.2 Å². The fourth-order valence-electron chi connectivity index (χ4n) is 2.40. The summed E-state index contributed by atoms with van der Waals surface area (Å²) in [5.41, 5.74) is 3.84. The lowest BCUT2D eigenvalue weighted by Crippen LogP contribution is -2.08. The van der Waals surface area contributed by atoms with Crippen LogP contribution < -0.4 is 4.74 Å². The summed E-state index contributed by atoms with van der Waals surface area (Å²) in [6.07, 6.45) is 2.22. The molecule has 2 aromatic carbocycles. The van der Waals surface area contributed by atoms with Crippen molar-refractivity contribution in [3.8, 4) is 5.75 Å². The summed E-state index contributed by atoms with van der Waals surface area (Å²) in [6, 6.07) is 14.8. The molecule has 0 aromatic heterocycles. The first-order valence-corrected chi connectivity index (χ1v) is 8.10. The highest BCUT2D eigenvalue weighted by molar-refractivity contribution is 9.11. The second-order valence-corrected chi connectivity index (χ2v) is 6.47. The van der Waals surface area contributed by atoms with Gasteiger partial charge < -0.3 is 4.74 Å². The lowest BCUT2D eigenvalue weighted by molar-refractivity contribution is 0.288. The van der Waals surface area contributed by atoms with Crippen LogP contribution >= 0.6 is 31.9 Å². The van der Waals surface area contributed by atoms with Crippen LogP contribution in [0.15, 0.2) is 46.9 Å². The fraction of sp³-hybridized carbons (Fsp3) is 0.250. The number of hydrogen-bond acceptors (Lipinski definition) is 1. The van der Waals surface area contributed by atoms with E-state index in [1.54, 1.807) is 0 Å². The van der Waals surface area contributed by atoms with Gasteiger partial charge in [-0.05, 0) is 41.7 Å². The van der Waals surface area contributed by atoms with Crippen molar-refractivity contribution in [2.24, 2.45) is 0 Å². The van der Waals surface area contributed by atoms with Gasteiger partial charge in [-0.3, -0.25) is 0 Å². The van der Waals surface area contributed by atoms with Crippen LogP contribution in [0.2, 0.25) is 0 Å². The van der Waals surface area contributed by atoms with Crippen LogP contribution in [0.4, 0.5) is 0 Å². The molecule has 0 saturated heterocycles. The zero-order valence-corrected chi connectivity index (χ0v) is 13.6. The van der Waals surface area contributed by atoms with E-state index < -0.39 is 0 Å². The van der Waals surface area contributed by atoms with Gasteiger partial charge in [0.1, 0.15) is 5.75 Å². The van der Waals surface area contributed by atoms with E-state index in [4.69, 9.17) is 4.74 Å². The predicted molar refractivity (Wildman–Crippen MR) is 85.2 cm³/mol. The smallest absolute Gasteiger partial charge is 0.122 e. The number of hydrogen-bond donors (Lipinski definition) is 0. The van der Waals surface area contributed by atoms with E-state index in [1.807, 2.05) is 6.07 Å². The Hall–Kier alpha value is -0.800. The third-order valence-corrected chi connectivity index (χ3v) is 5.15. The summed E-state index contributed by atoms with van der Waals surface area (Å²) >= 11 is 7.42. The molecule has 0 aliphatic carbocycles. The predicted octanol–water partition coefficient (Wildman–Crippen LogP) is 5.26. The SMILES string of the molecule is Brc1ccccc1C(Br)c1ccc2c(c1)CCCO2. The molecule has 1 unspecified atom stereocenters. The molecule has 1 heterocycles. The fourth-order valence-corrected chi connectivity index (χ4v) is 3.90. The molecule has 98 valence electrons. The van der Waals surface area contributed by atoms with E-state index in [2.05, 4.69) is 68.3 Å². The molecule has 0 saturated carbocycles. The molecule has 0 N–H and O–H groups in total. The summed E-state index contributed by atoms with van der Waals surface area (Å²) in [7, 11) is 0. The topological polar surface area (TPSA) is 9.23 Å². The minimum Gasteiger partial charge on any atom is -0.493 e. The summed E-state index contributed by atoms with van der Waals surface area (Å²) < 4.78 is 6.79. The minimum absolute atomic E-state index is 0.204. The number of alkyl halides is 1. The molecule has 1 aliphatic rings. The Kier molecular flexibility index (Phi) is 3.94.